The second-order valence-electron chi connectivity index (χ2n) is 6.85. The number of hydrogen-bond acceptors (Lipinski definition) is 6. The molecule has 156 valence electrons. The molecule has 1 saturated heterocycles. The minimum absolute atomic E-state index is 0.0408. The zero-order valence-corrected chi connectivity index (χ0v) is 16.4. The van der Waals surface area contributed by atoms with E-state index in [0.717, 1.165) is 12.0 Å². The van der Waals surface area contributed by atoms with Crippen LogP contribution in [-0.4, -0.2) is 35.9 Å². The number of ether oxygens (including phenoxy) is 1. The summed E-state index contributed by atoms with van der Waals surface area (Å²) in [6.07, 6.45) is 0.662. The lowest BCUT2D eigenvalue weighted by Crippen LogP contribution is -2.28. The first-order valence-electron chi connectivity index (χ1n) is 9.48. The maximum absolute atomic E-state index is 12.3. The van der Waals surface area contributed by atoms with Crippen LogP contribution in [0, 0.1) is 16.0 Å². The molecule has 2 aromatic rings. The second kappa shape index (κ2) is 9.17. The van der Waals surface area contributed by atoms with Crippen LogP contribution < -0.4 is 10.2 Å². The van der Waals surface area contributed by atoms with Gasteiger partial charge in [0.1, 0.15) is 0 Å². The van der Waals surface area contributed by atoms with E-state index in [1.54, 1.807) is 18.2 Å². The molecule has 1 aliphatic heterocycles. The van der Waals surface area contributed by atoms with E-state index in [2.05, 4.69) is 5.32 Å². The molecule has 2 amide bonds. The summed E-state index contributed by atoms with van der Waals surface area (Å²) in [5.74, 6) is -2.20. The number of carbonyl (C=O) groups excluding carboxylic acids is 3. The summed E-state index contributed by atoms with van der Waals surface area (Å²) >= 11 is 0. The molecule has 0 aromatic heterocycles. The van der Waals surface area contributed by atoms with Crippen LogP contribution in [0.4, 0.5) is 17.1 Å². The van der Waals surface area contributed by atoms with E-state index >= 15 is 0 Å². The summed E-state index contributed by atoms with van der Waals surface area (Å²) < 4.78 is 5.09. The van der Waals surface area contributed by atoms with Crippen LogP contribution in [-0.2, 0) is 25.5 Å². The number of anilines is 2. The van der Waals surface area contributed by atoms with E-state index in [0.29, 0.717) is 11.4 Å². The van der Waals surface area contributed by atoms with E-state index in [4.69, 9.17) is 4.74 Å². The van der Waals surface area contributed by atoms with E-state index in [1.165, 1.54) is 23.1 Å². The van der Waals surface area contributed by atoms with Gasteiger partial charge in [-0.2, -0.15) is 0 Å². The van der Waals surface area contributed by atoms with Gasteiger partial charge in [-0.1, -0.05) is 31.2 Å². The van der Waals surface area contributed by atoms with Crippen molar-refractivity contribution in [2.24, 2.45) is 5.92 Å². The molecule has 0 aliphatic carbocycles. The molecule has 1 fully saturated rings. The van der Waals surface area contributed by atoms with Crippen molar-refractivity contribution in [3.63, 3.8) is 0 Å². The number of amides is 2. The molecule has 1 aliphatic rings. The topological polar surface area (TPSA) is 119 Å². The van der Waals surface area contributed by atoms with Crippen molar-refractivity contribution in [2.75, 3.05) is 23.4 Å². The molecule has 1 atom stereocenters. The number of carbonyl (C=O) groups is 3. The number of nitro benzene ring substituents is 1. The molecule has 2 aromatic carbocycles. The Kier molecular flexibility index (Phi) is 6.41. The Balaban J connectivity index is 1.56. The normalized spacial score (nSPS) is 15.7. The number of benzene rings is 2. The number of nitro groups is 1. The molecule has 1 unspecified atom stereocenters. The van der Waals surface area contributed by atoms with Crippen molar-refractivity contribution in [3.05, 3.63) is 64.2 Å². The predicted octanol–water partition coefficient (Wildman–Crippen LogP) is 2.69. The highest BCUT2D eigenvalue weighted by Gasteiger charge is 2.36. The summed E-state index contributed by atoms with van der Waals surface area (Å²) in [6, 6.07) is 13.0. The average molecular weight is 411 g/mol. The molecule has 0 spiro atoms. The van der Waals surface area contributed by atoms with E-state index in [1.807, 2.05) is 19.1 Å². The highest BCUT2D eigenvalue weighted by atomic mass is 16.6. The SMILES string of the molecule is CCc1ccccc1NC(=O)COC(=O)C1CC(=O)N(c2cccc([N+](=O)[O-])c2)C1. The second-order valence-corrected chi connectivity index (χ2v) is 6.85. The fourth-order valence-corrected chi connectivity index (χ4v) is 3.28. The maximum Gasteiger partial charge on any atom is 0.311 e. The lowest BCUT2D eigenvalue weighted by molar-refractivity contribution is -0.384. The quantitative estimate of drug-likeness (QED) is 0.425. The largest absolute Gasteiger partial charge is 0.455 e. The van der Waals surface area contributed by atoms with Gasteiger partial charge < -0.3 is 15.0 Å². The molecule has 0 bridgehead atoms. The molecule has 9 heteroatoms. The first-order chi connectivity index (χ1) is 14.4. The third kappa shape index (κ3) is 4.80. The van der Waals surface area contributed by atoms with Crippen LogP contribution >= 0.6 is 0 Å². The van der Waals surface area contributed by atoms with Gasteiger partial charge in [-0.3, -0.25) is 24.5 Å². The summed E-state index contributed by atoms with van der Waals surface area (Å²) in [5.41, 5.74) is 1.83. The Bertz CT molecular complexity index is 990. The summed E-state index contributed by atoms with van der Waals surface area (Å²) in [5, 5.41) is 13.6. The fraction of sp³-hybridized carbons (Fsp3) is 0.286. The van der Waals surface area contributed by atoms with Gasteiger partial charge in [-0.15, -0.1) is 0 Å². The molecule has 1 N–H and O–H groups in total. The molecule has 0 saturated carbocycles. The van der Waals surface area contributed by atoms with Gasteiger partial charge >= 0.3 is 5.97 Å². The van der Waals surface area contributed by atoms with Crippen LogP contribution in [0.2, 0.25) is 0 Å². The van der Waals surface area contributed by atoms with Crippen molar-refractivity contribution in [2.45, 2.75) is 19.8 Å². The van der Waals surface area contributed by atoms with Gasteiger partial charge in [0.05, 0.1) is 16.5 Å². The number of nitrogens with one attached hydrogen (secondary N) is 1. The molecule has 0 radical (unpaired) electrons. The predicted molar refractivity (Wildman–Crippen MR) is 109 cm³/mol. The zero-order chi connectivity index (χ0) is 21.7. The molecular formula is C21H21N3O6. The van der Waals surface area contributed by atoms with E-state index in [-0.39, 0.29) is 24.6 Å². The van der Waals surface area contributed by atoms with Crippen LogP contribution in [0.25, 0.3) is 0 Å². The maximum atomic E-state index is 12.3. The first kappa shape index (κ1) is 21.0. The number of non-ortho nitro benzene ring substituents is 1. The number of hydrogen-bond donors (Lipinski definition) is 1. The summed E-state index contributed by atoms with van der Waals surface area (Å²) in [6.45, 7) is 1.55. The van der Waals surface area contributed by atoms with Crippen LogP contribution in [0.3, 0.4) is 0 Å². The number of rotatable bonds is 7. The minimum atomic E-state index is -0.743. The monoisotopic (exact) mass is 411 g/mol. The smallest absolute Gasteiger partial charge is 0.311 e. The third-order valence-corrected chi connectivity index (χ3v) is 4.83. The highest BCUT2D eigenvalue weighted by molar-refractivity contribution is 6.00. The number of esters is 1. The minimum Gasteiger partial charge on any atom is -0.455 e. The fourth-order valence-electron chi connectivity index (χ4n) is 3.28. The van der Waals surface area contributed by atoms with Crippen molar-refractivity contribution in [1.29, 1.82) is 0 Å². The molecular weight excluding hydrogens is 390 g/mol. The average Bonchev–Trinajstić information content (AvgIpc) is 3.14. The first-order valence-corrected chi connectivity index (χ1v) is 9.48. The highest BCUT2D eigenvalue weighted by Crippen LogP contribution is 2.28. The standard InChI is InChI=1S/C21H21N3O6/c1-2-14-6-3-4-9-18(14)22-19(25)13-30-21(27)15-10-20(26)23(12-15)16-7-5-8-17(11-16)24(28)29/h3-9,11,15H,2,10,12-13H2,1H3,(H,22,25). The number of para-hydroxylation sites is 1. The van der Waals surface area contributed by atoms with Gasteiger partial charge in [0.2, 0.25) is 5.91 Å². The van der Waals surface area contributed by atoms with Crippen LogP contribution in [0.15, 0.2) is 48.5 Å². The van der Waals surface area contributed by atoms with Crippen LogP contribution in [0.1, 0.15) is 18.9 Å². The van der Waals surface area contributed by atoms with Gasteiger partial charge in [0.25, 0.3) is 11.6 Å². The van der Waals surface area contributed by atoms with Crippen molar-refractivity contribution < 1.29 is 24.0 Å². The van der Waals surface area contributed by atoms with Crippen molar-refractivity contribution in [1.82, 2.24) is 0 Å². The summed E-state index contributed by atoms with van der Waals surface area (Å²) in [4.78, 5) is 48.4. The van der Waals surface area contributed by atoms with Crippen LogP contribution in [0.5, 0.6) is 0 Å². The Labute approximate surface area is 172 Å². The Hall–Kier alpha value is -3.75. The molecule has 9 nitrogen and oxygen atoms in total. The van der Waals surface area contributed by atoms with Crippen molar-refractivity contribution >= 4 is 34.8 Å². The Morgan fingerprint density at radius 1 is 1.23 bits per heavy atom. The lowest BCUT2D eigenvalue weighted by atomic mass is 10.1. The zero-order valence-electron chi connectivity index (χ0n) is 16.4. The molecule has 3 rings (SSSR count). The summed E-state index contributed by atoms with van der Waals surface area (Å²) in [7, 11) is 0. The van der Waals surface area contributed by atoms with Gasteiger partial charge in [0, 0.05) is 30.8 Å². The van der Waals surface area contributed by atoms with Crippen molar-refractivity contribution in [3.8, 4) is 0 Å². The van der Waals surface area contributed by atoms with E-state index in [9.17, 15) is 24.5 Å². The molecule has 30 heavy (non-hydrogen) atoms. The van der Waals surface area contributed by atoms with Gasteiger partial charge in [0.15, 0.2) is 6.61 Å². The number of nitrogens with zero attached hydrogens (tertiary/aromatic N) is 2. The molecule has 1 heterocycles. The Morgan fingerprint density at radius 2 is 2.00 bits per heavy atom. The van der Waals surface area contributed by atoms with Gasteiger partial charge in [-0.25, -0.2) is 0 Å². The van der Waals surface area contributed by atoms with E-state index < -0.39 is 29.3 Å². The lowest BCUT2D eigenvalue weighted by Gasteiger charge is -2.16. The Morgan fingerprint density at radius 3 is 2.73 bits per heavy atom. The third-order valence-electron chi connectivity index (χ3n) is 4.83. The number of aryl methyl sites for hydroxylation is 1. The van der Waals surface area contributed by atoms with Gasteiger partial charge in [-0.05, 0) is 24.1 Å².